The van der Waals surface area contributed by atoms with Gasteiger partial charge in [-0.2, -0.15) is 0 Å². The Bertz CT molecular complexity index is 1140. The number of rotatable bonds is 12. The number of carbonyl (C=O) groups excluding carboxylic acids is 4. The number of aliphatic hydroxyl groups excluding tert-OH is 1. The van der Waals surface area contributed by atoms with Crippen molar-refractivity contribution in [3.05, 3.63) is 23.3 Å². The van der Waals surface area contributed by atoms with Crippen LogP contribution in [0.3, 0.4) is 0 Å². The lowest BCUT2D eigenvalue weighted by Gasteiger charge is -2.35. The molecule has 0 amide bonds. The zero-order valence-corrected chi connectivity index (χ0v) is 25.5. The molecule has 4 rings (SSSR count). The Morgan fingerprint density at radius 3 is 2.36 bits per heavy atom. The van der Waals surface area contributed by atoms with Crippen molar-refractivity contribution in [1.82, 2.24) is 0 Å². The summed E-state index contributed by atoms with van der Waals surface area (Å²) < 4.78 is 23.2. The van der Waals surface area contributed by atoms with Crippen LogP contribution in [0.4, 0.5) is 0 Å². The van der Waals surface area contributed by atoms with E-state index >= 15 is 0 Å². The Morgan fingerprint density at radius 1 is 1.10 bits per heavy atom. The molecule has 10 nitrogen and oxygen atoms in total. The maximum Gasteiger partial charge on any atom is 0.337 e. The van der Waals surface area contributed by atoms with Crippen LogP contribution in [-0.4, -0.2) is 70.2 Å². The van der Waals surface area contributed by atoms with E-state index in [0.29, 0.717) is 18.4 Å². The third-order valence-corrected chi connectivity index (χ3v) is 9.80. The van der Waals surface area contributed by atoms with Gasteiger partial charge in [-0.1, -0.05) is 53.0 Å². The van der Waals surface area contributed by atoms with E-state index in [4.69, 9.17) is 18.9 Å². The van der Waals surface area contributed by atoms with Crippen LogP contribution >= 0.6 is 0 Å². The monoisotopic (exact) mass is 590 g/mol. The Hall–Kier alpha value is -2.72. The van der Waals surface area contributed by atoms with Crippen LogP contribution in [0.25, 0.3) is 0 Å². The van der Waals surface area contributed by atoms with E-state index in [2.05, 4.69) is 13.5 Å². The molecule has 3 aliphatic carbocycles. The number of hydrogen-bond donors (Lipinski definition) is 2. The molecular weight excluding hydrogens is 544 g/mol. The number of hydrogen-bond acceptors (Lipinski definition) is 10. The average Bonchev–Trinajstić information content (AvgIpc) is 3.58. The molecule has 42 heavy (non-hydrogen) atoms. The van der Waals surface area contributed by atoms with Crippen molar-refractivity contribution in [2.45, 2.75) is 135 Å². The molecule has 234 valence electrons. The molecule has 2 saturated carbocycles. The standard InChI is InChI=1S/C32H46O10/c1-7-9-10-11-12-13-23(34)41-27-25-21(39-19(5)33)16-22(40-30(37)20(8-2)31(6)14-15-31)32(38)18(4)29(36)42-28(32)24(25)17(3)26(27)35/h20-22,25-28,35,38H,4,7-16H2,1-3,5-6H3/t20?,21-,22-,25+,26-,27-,28-,32+/m0/s1. The van der Waals surface area contributed by atoms with Crippen LogP contribution in [0, 0.1) is 17.3 Å². The zero-order chi connectivity index (χ0) is 31.0. The Labute approximate surface area is 247 Å². The minimum atomic E-state index is -2.18. The summed E-state index contributed by atoms with van der Waals surface area (Å²) in [6.07, 6.45) is 0.621. The van der Waals surface area contributed by atoms with E-state index in [-0.39, 0.29) is 29.4 Å². The third-order valence-electron chi connectivity index (χ3n) is 9.80. The SMILES string of the molecule is C=C1C(=O)O[C@H]2C3=C(C)[C@H](O)[C@@H](OC(=O)CCCCCCC)[C@@H]3[C@@H](OC(C)=O)C[C@H](OC(=O)C(CC)C3(C)CC3)[C@]12O. The highest BCUT2D eigenvalue weighted by molar-refractivity contribution is 5.94. The van der Waals surface area contributed by atoms with E-state index in [0.717, 1.165) is 38.5 Å². The van der Waals surface area contributed by atoms with Gasteiger partial charge in [0.1, 0.15) is 24.4 Å². The molecule has 0 radical (unpaired) electrons. The van der Waals surface area contributed by atoms with E-state index in [1.807, 2.05) is 13.8 Å². The largest absolute Gasteiger partial charge is 0.462 e. The fourth-order valence-electron chi connectivity index (χ4n) is 7.04. The first-order valence-corrected chi connectivity index (χ1v) is 15.4. The van der Waals surface area contributed by atoms with E-state index in [1.165, 1.54) is 6.92 Å². The van der Waals surface area contributed by atoms with Crippen LogP contribution in [0.2, 0.25) is 0 Å². The summed E-state index contributed by atoms with van der Waals surface area (Å²) in [6, 6.07) is 0. The van der Waals surface area contributed by atoms with E-state index < -0.39 is 71.8 Å². The summed E-state index contributed by atoms with van der Waals surface area (Å²) >= 11 is 0. The van der Waals surface area contributed by atoms with Crippen LogP contribution in [-0.2, 0) is 38.1 Å². The molecule has 1 saturated heterocycles. The van der Waals surface area contributed by atoms with Gasteiger partial charge in [-0.05, 0) is 49.2 Å². The molecule has 3 fully saturated rings. The highest BCUT2D eigenvalue weighted by Crippen LogP contribution is 2.55. The molecule has 0 aromatic rings. The molecule has 0 bridgehead atoms. The predicted molar refractivity (Wildman–Crippen MR) is 151 cm³/mol. The molecule has 4 aliphatic rings. The minimum absolute atomic E-state index is 0.156. The topological polar surface area (TPSA) is 146 Å². The summed E-state index contributed by atoms with van der Waals surface area (Å²) in [6.45, 7) is 12.6. The number of aliphatic hydroxyl groups is 2. The molecule has 1 aliphatic heterocycles. The summed E-state index contributed by atoms with van der Waals surface area (Å²) in [5.74, 6) is -3.91. The Morgan fingerprint density at radius 2 is 1.76 bits per heavy atom. The van der Waals surface area contributed by atoms with Gasteiger partial charge >= 0.3 is 23.9 Å². The van der Waals surface area contributed by atoms with Crippen molar-refractivity contribution in [3.8, 4) is 0 Å². The van der Waals surface area contributed by atoms with Gasteiger partial charge in [0, 0.05) is 19.8 Å². The lowest BCUT2D eigenvalue weighted by Crippen LogP contribution is -2.53. The number of fused-ring (bicyclic) bond motifs is 3. The first kappa shape index (κ1) is 32.2. The van der Waals surface area contributed by atoms with Gasteiger partial charge in [0.2, 0.25) is 0 Å². The maximum atomic E-state index is 13.5. The molecular formula is C32H46O10. The molecule has 1 heterocycles. The van der Waals surface area contributed by atoms with Gasteiger partial charge in [-0.3, -0.25) is 14.4 Å². The first-order valence-electron chi connectivity index (χ1n) is 15.4. The molecule has 0 spiro atoms. The number of unbranched alkanes of at least 4 members (excludes halogenated alkanes) is 4. The second-order valence-electron chi connectivity index (χ2n) is 12.7. The molecule has 10 heteroatoms. The van der Waals surface area contributed by atoms with Gasteiger partial charge in [-0.25, -0.2) is 4.79 Å². The van der Waals surface area contributed by atoms with Crippen molar-refractivity contribution in [3.63, 3.8) is 0 Å². The smallest absolute Gasteiger partial charge is 0.337 e. The third kappa shape index (κ3) is 5.89. The number of carbonyl (C=O) groups is 4. The van der Waals surface area contributed by atoms with E-state index in [9.17, 15) is 29.4 Å². The van der Waals surface area contributed by atoms with E-state index in [1.54, 1.807) is 6.92 Å². The molecule has 0 aromatic carbocycles. The lowest BCUT2D eigenvalue weighted by atomic mass is 9.81. The van der Waals surface area contributed by atoms with Crippen molar-refractivity contribution in [2.75, 3.05) is 0 Å². The van der Waals surface area contributed by atoms with Gasteiger partial charge in [0.15, 0.2) is 11.7 Å². The van der Waals surface area contributed by atoms with Crippen LogP contribution in [0.1, 0.15) is 98.8 Å². The second-order valence-corrected chi connectivity index (χ2v) is 12.7. The van der Waals surface area contributed by atoms with Crippen molar-refractivity contribution in [2.24, 2.45) is 17.3 Å². The molecule has 1 unspecified atom stereocenters. The predicted octanol–water partition coefficient (Wildman–Crippen LogP) is 3.85. The summed E-state index contributed by atoms with van der Waals surface area (Å²) in [5.41, 5.74) is -2.07. The molecule has 8 atom stereocenters. The molecule has 0 aromatic heterocycles. The lowest BCUT2D eigenvalue weighted by molar-refractivity contribution is -0.177. The normalized spacial score (nSPS) is 33.7. The van der Waals surface area contributed by atoms with Crippen LogP contribution in [0.5, 0.6) is 0 Å². The van der Waals surface area contributed by atoms with Gasteiger partial charge in [0.05, 0.1) is 17.4 Å². The fourth-order valence-corrected chi connectivity index (χ4v) is 7.04. The summed E-state index contributed by atoms with van der Waals surface area (Å²) in [7, 11) is 0. The van der Waals surface area contributed by atoms with Gasteiger partial charge in [-0.15, -0.1) is 0 Å². The van der Waals surface area contributed by atoms with Gasteiger partial charge in [0.25, 0.3) is 0 Å². The minimum Gasteiger partial charge on any atom is -0.462 e. The van der Waals surface area contributed by atoms with Gasteiger partial charge < -0.3 is 29.2 Å². The summed E-state index contributed by atoms with van der Waals surface area (Å²) in [5, 5.41) is 23.4. The molecule has 2 N–H and O–H groups in total. The summed E-state index contributed by atoms with van der Waals surface area (Å²) in [4.78, 5) is 51.6. The van der Waals surface area contributed by atoms with Crippen LogP contribution in [0.15, 0.2) is 23.3 Å². The van der Waals surface area contributed by atoms with Crippen molar-refractivity contribution < 1.29 is 48.3 Å². The number of esters is 4. The average molecular weight is 591 g/mol. The van der Waals surface area contributed by atoms with Crippen molar-refractivity contribution in [1.29, 1.82) is 0 Å². The Balaban J connectivity index is 1.68. The quantitative estimate of drug-likeness (QED) is 0.113. The van der Waals surface area contributed by atoms with Crippen LogP contribution < -0.4 is 0 Å². The maximum absolute atomic E-state index is 13.5. The second kappa shape index (κ2) is 12.5. The highest BCUT2D eigenvalue weighted by atomic mass is 16.6. The number of ether oxygens (including phenoxy) is 4. The first-order chi connectivity index (χ1) is 19.8. The van der Waals surface area contributed by atoms with Crippen molar-refractivity contribution >= 4 is 23.9 Å². The zero-order valence-electron chi connectivity index (χ0n) is 25.5. The highest BCUT2D eigenvalue weighted by Gasteiger charge is 2.67. The fraction of sp³-hybridized carbons (Fsp3) is 0.750. The Kier molecular flexibility index (Phi) is 9.57.